The number of pyridine rings is 1. The van der Waals surface area contributed by atoms with Crippen molar-refractivity contribution in [1.82, 2.24) is 20.9 Å². The third-order valence-electron chi connectivity index (χ3n) is 3.83. The lowest BCUT2D eigenvalue weighted by Gasteiger charge is -2.12. The molecule has 0 fully saturated rings. The summed E-state index contributed by atoms with van der Waals surface area (Å²) in [6, 6.07) is 9.26. The molecule has 1 amide bonds. The number of carbonyl (C=O) groups excluding carboxylic acids is 1. The molecule has 1 aliphatic rings. The topological polar surface area (TPSA) is 96.9 Å². The van der Waals surface area contributed by atoms with Crippen molar-refractivity contribution in [3.05, 3.63) is 53.9 Å². The van der Waals surface area contributed by atoms with E-state index in [0.29, 0.717) is 31.2 Å². The summed E-state index contributed by atoms with van der Waals surface area (Å²) >= 11 is 0. The van der Waals surface area contributed by atoms with E-state index in [2.05, 4.69) is 25.9 Å². The van der Waals surface area contributed by atoms with Gasteiger partial charge in [-0.15, -0.1) is 24.0 Å². The average Bonchev–Trinajstić information content (AvgIpc) is 3.17. The van der Waals surface area contributed by atoms with E-state index in [-0.39, 0.29) is 36.7 Å². The molecule has 150 valence electrons. The van der Waals surface area contributed by atoms with Gasteiger partial charge in [-0.25, -0.2) is 4.99 Å². The molecule has 0 saturated heterocycles. The molecule has 3 rings (SSSR count). The molecule has 1 aromatic heterocycles. The van der Waals surface area contributed by atoms with Gasteiger partial charge in [-0.2, -0.15) is 0 Å². The van der Waals surface area contributed by atoms with Gasteiger partial charge in [0.15, 0.2) is 17.5 Å². The van der Waals surface area contributed by atoms with E-state index < -0.39 is 0 Å². The molecule has 0 unspecified atom stereocenters. The minimum Gasteiger partial charge on any atom is -0.454 e. The highest BCUT2D eigenvalue weighted by molar-refractivity contribution is 14.0. The van der Waals surface area contributed by atoms with E-state index in [1.165, 1.54) is 0 Å². The van der Waals surface area contributed by atoms with Crippen molar-refractivity contribution in [2.75, 3.05) is 26.4 Å². The molecule has 28 heavy (non-hydrogen) atoms. The molecular weight excluding hydrogens is 473 g/mol. The molecule has 0 bridgehead atoms. The zero-order valence-electron chi connectivity index (χ0n) is 15.6. The lowest BCUT2D eigenvalue weighted by atomic mass is 10.2. The predicted molar refractivity (Wildman–Crippen MR) is 117 cm³/mol. The molecule has 1 aromatic carbocycles. The van der Waals surface area contributed by atoms with Crippen molar-refractivity contribution in [2.24, 2.45) is 4.99 Å². The van der Waals surface area contributed by atoms with Crippen LogP contribution in [-0.4, -0.2) is 43.3 Å². The van der Waals surface area contributed by atoms with Crippen LogP contribution in [0.25, 0.3) is 0 Å². The summed E-state index contributed by atoms with van der Waals surface area (Å²) in [7, 11) is 0. The van der Waals surface area contributed by atoms with Gasteiger partial charge in [0.2, 0.25) is 6.79 Å². The van der Waals surface area contributed by atoms with Crippen molar-refractivity contribution in [3.8, 4) is 11.5 Å². The van der Waals surface area contributed by atoms with E-state index >= 15 is 0 Å². The molecule has 3 N–H and O–H groups in total. The van der Waals surface area contributed by atoms with Crippen LogP contribution in [0.1, 0.15) is 22.8 Å². The molecule has 0 aliphatic carbocycles. The molecule has 0 saturated carbocycles. The number of amides is 1. The second-order valence-corrected chi connectivity index (χ2v) is 5.81. The van der Waals surface area contributed by atoms with E-state index in [0.717, 1.165) is 23.6 Å². The summed E-state index contributed by atoms with van der Waals surface area (Å²) in [6.07, 6.45) is 3.18. The van der Waals surface area contributed by atoms with Gasteiger partial charge < -0.3 is 25.4 Å². The Bertz CT molecular complexity index is 801. The Hall–Kier alpha value is -2.56. The fourth-order valence-electron chi connectivity index (χ4n) is 2.51. The van der Waals surface area contributed by atoms with Gasteiger partial charge in [0, 0.05) is 32.0 Å². The van der Waals surface area contributed by atoms with Crippen molar-refractivity contribution in [3.63, 3.8) is 0 Å². The Labute approximate surface area is 181 Å². The highest BCUT2D eigenvalue weighted by Crippen LogP contribution is 2.32. The van der Waals surface area contributed by atoms with E-state index in [9.17, 15) is 4.79 Å². The number of guanidine groups is 1. The first-order chi connectivity index (χ1) is 13.3. The fraction of sp³-hybridized carbons (Fsp3) is 0.316. The van der Waals surface area contributed by atoms with Crippen molar-refractivity contribution >= 4 is 35.8 Å². The van der Waals surface area contributed by atoms with Crippen LogP contribution in [0.3, 0.4) is 0 Å². The largest absolute Gasteiger partial charge is 0.454 e. The van der Waals surface area contributed by atoms with Crippen LogP contribution in [0.2, 0.25) is 0 Å². The Morgan fingerprint density at radius 1 is 1.14 bits per heavy atom. The number of rotatable bonds is 7. The summed E-state index contributed by atoms with van der Waals surface area (Å²) in [5.74, 6) is 2.05. The zero-order valence-corrected chi connectivity index (χ0v) is 17.9. The number of nitrogens with one attached hydrogen (secondary N) is 3. The molecular formula is C19H24IN5O3. The van der Waals surface area contributed by atoms with E-state index in [1.54, 1.807) is 24.5 Å². The minimum absolute atomic E-state index is 0. The third kappa shape index (κ3) is 6.25. The monoisotopic (exact) mass is 497 g/mol. The van der Waals surface area contributed by atoms with E-state index in [1.807, 2.05) is 25.1 Å². The summed E-state index contributed by atoms with van der Waals surface area (Å²) in [4.78, 5) is 20.5. The van der Waals surface area contributed by atoms with Crippen LogP contribution in [0.4, 0.5) is 0 Å². The van der Waals surface area contributed by atoms with Crippen molar-refractivity contribution in [2.45, 2.75) is 13.5 Å². The summed E-state index contributed by atoms with van der Waals surface area (Å²) in [5, 5.41) is 9.23. The van der Waals surface area contributed by atoms with Gasteiger partial charge in [0.05, 0.1) is 12.1 Å². The van der Waals surface area contributed by atoms with Gasteiger partial charge in [-0.3, -0.25) is 9.78 Å². The highest BCUT2D eigenvalue weighted by Gasteiger charge is 2.13. The maximum Gasteiger partial charge on any atom is 0.252 e. The second kappa shape index (κ2) is 11.3. The molecule has 0 radical (unpaired) electrons. The number of benzene rings is 1. The standard InChI is InChI=1S/C19H23N5O3.HI/c1-2-21-19(23-9-8-22-18(25)15-4-3-7-20-12-15)24-11-14-5-6-16-17(10-14)27-13-26-16;/h3-7,10,12H,2,8-9,11,13H2,1H3,(H,22,25)(H2,21,23,24);1H. The number of nitrogens with zero attached hydrogens (tertiary/aromatic N) is 2. The molecule has 2 heterocycles. The molecule has 1 aliphatic heterocycles. The third-order valence-corrected chi connectivity index (χ3v) is 3.83. The summed E-state index contributed by atoms with van der Waals surface area (Å²) < 4.78 is 10.7. The lowest BCUT2D eigenvalue weighted by molar-refractivity contribution is 0.0954. The van der Waals surface area contributed by atoms with Crippen molar-refractivity contribution in [1.29, 1.82) is 0 Å². The summed E-state index contributed by atoms with van der Waals surface area (Å²) in [5.41, 5.74) is 1.57. The number of hydrogen-bond donors (Lipinski definition) is 3. The normalized spacial score (nSPS) is 12.1. The maximum absolute atomic E-state index is 12.0. The van der Waals surface area contributed by atoms with Gasteiger partial charge in [-0.1, -0.05) is 6.07 Å². The SMILES string of the molecule is CCNC(=NCc1ccc2c(c1)OCO2)NCCNC(=O)c1cccnc1.I. The van der Waals surface area contributed by atoms with Crippen LogP contribution >= 0.6 is 24.0 Å². The van der Waals surface area contributed by atoms with Crippen molar-refractivity contribution < 1.29 is 14.3 Å². The van der Waals surface area contributed by atoms with Gasteiger partial charge in [0.25, 0.3) is 5.91 Å². The van der Waals surface area contributed by atoms with Gasteiger partial charge >= 0.3 is 0 Å². The highest BCUT2D eigenvalue weighted by atomic mass is 127. The number of hydrogen-bond acceptors (Lipinski definition) is 5. The Morgan fingerprint density at radius 2 is 1.96 bits per heavy atom. The van der Waals surface area contributed by atoms with E-state index in [4.69, 9.17) is 9.47 Å². The second-order valence-electron chi connectivity index (χ2n) is 5.81. The van der Waals surface area contributed by atoms with Crippen LogP contribution < -0.4 is 25.4 Å². The maximum atomic E-state index is 12.0. The van der Waals surface area contributed by atoms with Crippen LogP contribution in [0.5, 0.6) is 11.5 Å². The number of carbonyl (C=O) groups is 1. The molecule has 0 spiro atoms. The molecule has 2 aromatic rings. The van der Waals surface area contributed by atoms with Crippen LogP contribution in [0, 0.1) is 0 Å². The zero-order chi connectivity index (χ0) is 18.9. The van der Waals surface area contributed by atoms with Gasteiger partial charge in [-0.05, 0) is 36.8 Å². The molecule has 9 heteroatoms. The van der Waals surface area contributed by atoms with Crippen LogP contribution in [-0.2, 0) is 6.54 Å². The minimum atomic E-state index is -0.146. The lowest BCUT2D eigenvalue weighted by Crippen LogP contribution is -2.41. The first-order valence-electron chi connectivity index (χ1n) is 8.85. The number of fused-ring (bicyclic) bond motifs is 1. The molecule has 8 nitrogen and oxygen atoms in total. The molecule has 0 atom stereocenters. The number of aliphatic imine (C=N–C) groups is 1. The first-order valence-corrected chi connectivity index (χ1v) is 8.85. The quantitative estimate of drug-likeness (QED) is 0.234. The van der Waals surface area contributed by atoms with Crippen LogP contribution in [0.15, 0.2) is 47.7 Å². The number of aromatic nitrogens is 1. The average molecular weight is 497 g/mol. The Morgan fingerprint density at radius 3 is 2.75 bits per heavy atom. The smallest absolute Gasteiger partial charge is 0.252 e. The number of ether oxygens (including phenoxy) is 2. The first kappa shape index (κ1) is 21.7. The predicted octanol–water partition coefficient (Wildman–Crippen LogP) is 1.91. The Kier molecular flexibility index (Phi) is 8.79. The fourth-order valence-corrected chi connectivity index (χ4v) is 2.51. The Balaban J connectivity index is 0.00000280. The summed E-state index contributed by atoms with van der Waals surface area (Å²) in [6.45, 7) is 4.54. The van der Waals surface area contributed by atoms with Gasteiger partial charge in [0.1, 0.15) is 0 Å². The number of halogens is 1.